The summed E-state index contributed by atoms with van der Waals surface area (Å²) in [6.07, 6.45) is -7.79. The van der Waals surface area contributed by atoms with E-state index < -0.39 is 66.4 Å². The van der Waals surface area contributed by atoms with Gasteiger partial charge in [-0.1, -0.05) is 0 Å². The monoisotopic (exact) mass is 522 g/mol. The molecule has 0 bridgehead atoms. The van der Waals surface area contributed by atoms with Crippen LogP contribution < -0.4 is 0 Å². The van der Waals surface area contributed by atoms with E-state index in [0.717, 1.165) is 0 Å². The van der Waals surface area contributed by atoms with Gasteiger partial charge in [0.1, 0.15) is 5.60 Å². The second kappa shape index (κ2) is 7.90. The number of hydrogen-bond acceptors (Lipinski definition) is 2. The molecule has 19 heteroatoms. The lowest BCUT2D eigenvalue weighted by atomic mass is 9.84. The Kier molecular flexibility index (Phi) is 7.59. The molecule has 0 saturated carbocycles. The summed E-state index contributed by atoms with van der Waals surface area (Å²) in [5, 5.41) is 8.35. The molecule has 2 nitrogen and oxygen atoms in total. The first-order valence-corrected chi connectivity index (χ1v) is 7.52. The Bertz CT molecular complexity index is 664. The largest absolute Gasteiger partial charge is 0.460 e. The fourth-order valence-corrected chi connectivity index (χ4v) is 1.93. The van der Waals surface area contributed by atoms with Crippen molar-refractivity contribution in [2.24, 2.45) is 0 Å². The Labute approximate surface area is 166 Å². The van der Waals surface area contributed by atoms with Gasteiger partial charge < -0.3 is 9.84 Å². The van der Waals surface area contributed by atoms with Gasteiger partial charge in [0.05, 0.1) is 13.2 Å². The molecule has 1 N–H and O–H groups in total. The highest BCUT2D eigenvalue weighted by Gasteiger charge is 2.95. The molecule has 0 unspecified atom stereocenters. The summed E-state index contributed by atoms with van der Waals surface area (Å²) in [4.78, 5) is 0. The van der Waals surface area contributed by atoms with Crippen LogP contribution in [0.2, 0.25) is 0 Å². The lowest BCUT2D eigenvalue weighted by Gasteiger charge is -2.45. The summed E-state index contributed by atoms with van der Waals surface area (Å²) in [6.45, 7) is -3.09. The average molecular weight is 522 g/mol. The second-order valence-corrected chi connectivity index (χ2v) is 6.60. The molecule has 0 saturated heterocycles. The highest BCUT2D eigenvalue weighted by atomic mass is 19.4. The minimum atomic E-state index is -8.67. The Morgan fingerprint density at radius 2 is 0.719 bits per heavy atom. The summed E-state index contributed by atoms with van der Waals surface area (Å²) in [5.74, 6) is -56.9. The van der Waals surface area contributed by atoms with Crippen molar-refractivity contribution >= 4 is 0 Å². The van der Waals surface area contributed by atoms with E-state index in [-0.39, 0.29) is 13.8 Å². The van der Waals surface area contributed by atoms with Crippen molar-refractivity contribution in [1.29, 1.82) is 0 Å². The van der Waals surface area contributed by atoms with Gasteiger partial charge in [0.15, 0.2) is 0 Å². The highest BCUT2D eigenvalue weighted by Crippen LogP contribution is 2.64. The third-order valence-corrected chi connectivity index (χ3v) is 4.03. The predicted molar refractivity (Wildman–Crippen MR) is 67.8 cm³/mol. The van der Waals surface area contributed by atoms with Crippen molar-refractivity contribution in [2.75, 3.05) is 13.2 Å². The van der Waals surface area contributed by atoms with Crippen LogP contribution in [0.4, 0.5) is 74.6 Å². The molecule has 0 spiro atoms. The third kappa shape index (κ3) is 3.85. The topological polar surface area (TPSA) is 29.5 Å². The van der Waals surface area contributed by atoms with Crippen molar-refractivity contribution in [3.8, 4) is 0 Å². The molecule has 32 heavy (non-hydrogen) atoms. The van der Waals surface area contributed by atoms with Crippen molar-refractivity contribution in [2.45, 2.75) is 67.1 Å². The van der Waals surface area contributed by atoms with Crippen LogP contribution in [0.15, 0.2) is 0 Å². The smallest absolute Gasteiger partial charge is 0.394 e. The first-order valence-electron chi connectivity index (χ1n) is 7.52. The van der Waals surface area contributed by atoms with Crippen LogP contribution in [0, 0.1) is 0 Å². The van der Waals surface area contributed by atoms with Crippen LogP contribution in [0.5, 0.6) is 0 Å². The molecule has 0 aliphatic carbocycles. The summed E-state index contributed by atoms with van der Waals surface area (Å²) < 4.78 is 227. The summed E-state index contributed by atoms with van der Waals surface area (Å²) >= 11 is 0. The van der Waals surface area contributed by atoms with E-state index in [1.165, 1.54) is 0 Å². The number of halogens is 17. The van der Waals surface area contributed by atoms with Crippen LogP contribution in [0.3, 0.4) is 0 Å². The molecule has 194 valence electrons. The molecular formula is C13H11F17O2. The summed E-state index contributed by atoms with van der Waals surface area (Å²) in [7, 11) is 0. The molecule has 0 fully saturated rings. The summed E-state index contributed by atoms with van der Waals surface area (Å²) in [5.41, 5.74) is -4.04. The first-order chi connectivity index (χ1) is 13.6. The molecule has 0 amide bonds. The van der Waals surface area contributed by atoms with E-state index in [4.69, 9.17) is 5.11 Å². The lowest BCUT2D eigenvalue weighted by molar-refractivity contribution is -0.467. The van der Waals surface area contributed by atoms with Crippen molar-refractivity contribution in [3.63, 3.8) is 0 Å². The van der Waals surface area contributed by atoms with Crippen LogP contribution in [0.25, 0.3) is 0 Å². The zero-order chi connectivity index (χ0) is 26.6. The van der Waals surface area contributed by atoms with Crippen LogP contribution in [-0.2, 0) is 4.74 Å². The van der Waals surface area contributed by atoms with Crippen LogP contribution in [-0.4, -0.2) is 71.6 Å². The van der Waals surface area contributed by atoms with E-state index >= 15 is 0 Å². The highest BCUT2D eigenvalue weighted by molar-refractivity contribution is 5.17. The number of hydrogen-bond donors (Lipinski definition) is 1. The number of aliphatic hydroxyl groups excluding tert-OH is 1. The first kappa shape index (κ1) is 30.7. The minimum Gasteiger partial charge on any atom is -0.394 e. The second-order valence-electron chi connectivity index (χ2n) is 6.60. The molecule has 0 aliphatic heterocycles. The maximum atomic E-state index is 13.9. The minimum absolute atomic E-state index is 0.227. The zero-order valence-corrected chi connectivity index (χ0v) is 15.2. The van der Waals surface area contributed by atoms with Crippen molar-refractivity contribution in [3.05, 3.63) is 0 Å². The fourth-order valence-electron chi connectivity index (χ4n) is 1.93. The van der Waals surface area contributed by atoms with Gasteiger partial charge in [-0.15, -0.1) is 0 Å². The van der Waals surface area contributed by atoms with Gasteiger partial charge >= 0.3 is 47.6 Å². The number of aliphatic hydroxyl groups is 1. The molecule has 0 radical (unpaired) electrons. The van der Waals surface area contributed by atoms with Gasteiger partial charge in [0, 0.05) is 0 Å². The van der Waals surface area contributed by atoms with Gasteiger partial charge in [-0.25, -0.2) is 0 Å². The van der Waals surface area contributed by atoms with Gasteiger partial charge in [0.2, 0.25) is 0 Å². The van der Waals surface area contributed by atoms with Crippen LogP contribution in [0.1, 0.15) is 13.8 Å². The maximum absolute atomic E-state index is 13.9. The van der Waals surface area contributed by atoms with E-state index in [1.807, 2.05) is 0 Å². The molecule has 0 aromatic carbocycles. The molecule has 0 atom stereocenters. The Morgan fingerprint density at radius 1 is 0.469 bits per heavy atom. The van der Waals surface area contributed by atoms with Gasteiger partial charge in [-0.05, 0) is 13.8 Å². The standard InChI is InChI=1S/C13H11F17O2/c1-5(2,32-4-3-31)6(14,15)7(16,17)8(18,19)9(20,21)10(22,23)11(24,25)12(26,27)13(28,29)30/h31H,3-4H2,1-2H3. The molecule has 0 aromatic rings. The van der Waals surface area contributed by atoms with Gasteiger partial charge in [0.25, 0.3) is 0 Å². The molecular weight excluding hydrogens is 511 g/mol. The van der Waals surface area contributed by atoms with Crippen LogP contribution >= 0.6 is 0 Å². The predicted octanol–water partition coefficient (Wildman–Crippen LogP) is 5.78. The number of rotatable bonds is 10. The molecule has 0 rings (SSSR count). The van der Waals surface area contributed by atoms with Crippen molar-refractivity contribution < 1.29 is 84.5 Å². The average Bonchev–Trinajstić information content (AvgIpc) is 2.57. The van der Waals surface area contributed by atoms with E-state index in [1.54, 1.807) is 0 Å². The van der Waals surface area contributed by atoms with Gasteiger partial charge in [-0.2, -0.15) is 74.6 Å². The quantitative estimate of drug-likeness (QED) is 0.369. The number of alkyl halides is 17. The maximum Gasteiger partial charge on any atom is 0.460 e. The number of ether oxygens (including phenoxy) is 1. The third-order valence-electron chi connectivity index (χ3n) is 4.03. The lowest BCUT2D eigenvalue weighted by Crippen LogP contribution is -2.76. The Hall–Kier alpha value is -1.27. The fraction of sp³-hybridized carbons (Fsp3) is 1.00. The normalized spacial score (nSPS) is 16.5. The summed E-state index contributed by atoms with van der Waals surface area (Å²) in [6, 6.07) is 0. The molecule has 0 heterocycles. The Morgan fingerprint density at radius 3 is 0.969 bits per heavy atom. The van der Waals surface area contributed by atoms with E-state index in [2.05, 4.69) is 4.74 Å². The SMILES string of the molecule is CC(C)(OCCO)C(F)(F)C(F)(F)C(F)(F)C(F)(F)C(F)(F)C(F)(F)C(F)(F)C(F)(F)F. The van der Waals surface area contributed by atoms with Crippen molar-refractivity contribution in [1.82, 2.24) is 0 Å². The van der Waals surface area contributed by atoms with E-state index in [9.17, 15) is 74.6 Å². The van der Waals surface area contributed by atoms with Gasteiger partial charge in [-0.3, -0.25) is 0 Å². The molecule has 0 aromatic heterocycles. The zero-order valence-electron chi connectivity index (χ0n) is 15.2. The Balaban J connectivity index is 6.79. The molecule has 0 aliphatic rings. The van der Waals surface area contributed by atoms with E-state index in [0.29, 0.717) is 0 Å².